The molecule has 0 radical (unpaired) electrons. The number of fused-ring (bicyclic) bond motifs is 1. The van der Waals surface area contributed by atoms with Gasteiger partial charge in [0.25, 0.3) is 11.5 Å². The van der Waals surface area contributed by atoms with Crippen LogP contribution in [0.5, 0.6) is 0 Å². The number of rotatable bonds is 6. The van der Waals surface area contributed by atoms with Gasteiger partial charge in [0.05, 0.1) is 29.2 Å². The van der Waals surface area contributed by atoms with Crippen LogP contribution in [0, 0.1) is 18.3 Å². The van der Waals surface area contributed by atoms with Crippen LogP contribution in [0.25, 0.3) is 10.2 Å². The monoisotopic (exact) mass is 396 g/mol. The number of thiophene rings is 1. The number of hydrogen-bond acceptors (Lipinski definition) is 7. The third-order valence-corrected chi connectivity index (χ3v) is 5.24. The summed E-state index contributed by atoms with van der Waals surface area (Å²) in [6.45, 7) is 3.19. The van der Waals surface area contributed by atoms with Gasteiger partial charge in [-0.2, -0.15) is 5.26 Å². The number of pyridine rings is 1. The molecule has 1 N–H and O–H groups in total. The first kappa shape index (κ1) is 19.7. The molecular formula is C19H20N6O2S. The molecular weight excluding hydrogens is 376 g/mol. The molecule has 0 fully saturated rings. The molecule has 0 aromatic carbocycles. The largest absolute Gasteiger partial charge is 0.321 e. The quantitative estimate of drug-likeness (QED) is 0.685. The van der Waals surface area contributed by atoms with Crippen LogP contribution in [0.1, 0.15) is 27.3 Å². The second-order valence-electron chi connectivity index (χ2n) is 6.61. The fourth-order valence-corrected chi connectivity index (χ4v) is 3.83. The number of nitrogens with zero attached hydrogens (tertiary/aromatic N) is 5. The summed E-state index contributed by atoms with van der Waals surface area (Å²) in [5.41, 5.74) is 0.845. The van der Waals surface area contributed by atoms with Crippen molar-refractivity contribution in [2.45, 2.75) is 19.9 Å². The lowest BCUT2D eigenvalue weighted by Gasteiger charge is -2.10. The normalized spacial score (nSPS) is 11.0. The molecule has 1 amide bonds. The lowest BCUT2D eigenvalue weighted by molar-refractivity contribution is 0.102. The molecule has 3 aromatic heterocycles. The minimum Gasteiger partial charge on any atom is -0.321 e. The van der Waals surface area contributed by atoms with E-state index in [4.69, 9.17) is 5.26 Å². The summed E-state index contributed by atoms with van der Waals surface area (Å²) in [5, 5.41) is 11.9. The minimum atomic E-state index is -0.389. The Morgan fingerprint density at radius 3 is 2.79 bits per heavy atom. The van der Waals surface area contributed by atoms with Gasteiger partial charge in [0.2, 0.25) is 0 Å². The van der Waals surface area contributed by atoms with Crippen molar-refractivity contribution in [3.63, 3.8) is 0 Å². The van der Waals surface area contributed by atoms with Crippen molar-refractivity contribution in [2.75, 3.05) is 26.0 Å². The van der Waals surface area contributed by atoms with E-state index in [0.717, 1.165) is 17.8 Å². The number of aryl methyl sites for hydroxylation is 2. The summed E-state index contributed by atoms with van der Waals surface area (Å²) in [4.78, 5) is 37.5. The van der Waals surface area contributed by atoms with E-state index in [1.165, 1.54) is 23.6 Å². The predicted molar refractivity (Wildman–Crippen MR) is 109 cm³/mol. The number of carbonyl (C=O) groups is 1. The summed E-state index contributed by atoms with van der Waals surface area (Å²) in [6.07, 6.45) is 3.77. The average molecular weight is 396 g/mol. The van der Waals surface area contributed by atoms with E-state index in [1.54, 1.807) is 23.9 Å². The molecule has 0 aliphatic heterocycles. The summed E-state index contributed by atoms with van der Waals surface area (Å²) < 4.78 is 1.55. The Morgan fingerprint density at radius 2 is 2.14 bits per heavy atom. The van der Waals surface area contributed by atoms with Crippen molar-refractivity contribution in [3.8, 4) is 6.07 Å². The van der Waals surface area contributed by atoms with Crippen molar-refractivity contribution in [2.24, 2.45) is 0 Å². The molecule has 9 heteroatoms. The van der Waals surface area contributed by atoms with Crippen molar-refractivity contribution in [1.82, 2.24) is 19.4 Å². The Morgan fingerprint density at radius 1 is 1.36 bits per heavy atom. The molecule has 8 nitrogen and oxygen atoms in total. The maximum Gasteiger partial charge on any atom is 0.262 e. The first-order valence-electron chi connectivity index (χ1n) is 8.71. The van der Waals surface area contributed by atoms with E-state index >= 15 is 0 Å². The molecule has 0 spiro atoms. The third-order valence-electron chi connectivity index (χ3n) is 4.22. The van der Waals surface area contributed by atoms with Gasteiger partial charge >= 0.3 is 0 Å². The minimum absolute atomic E-state index is 0.212. The predicted octanol–water partition coefficient (Wildman–Crippen LogP) is 2.24. The molecule has 0 atom stereocenters. The molecule has 144 valence electrons. The van der Waals surface area contributed by atoms with Gasteiger partial charge in [-0.3, -0.25) is 14.2 Å². The van der Waals surface area contributed by atoms with Gasteiger partial charge in [0.1, 0.15) is 16.6 Å². The van der Waals surface area contributed by atoms with Gasteiger partial charge < -0.3 is 10.2 Å². The van der Waals surface area contributed by atoms with Gasteiger partial charge in [0, 0.05) is 11.4 Å². The topological polar surface area (TPSA) is 104 Å². The van der Waals surface area contributed by atoms with Crippen molar-refractivity contribution < 1.29 is 4.79 Å². The zero-order valence-electron chi connectivity index (χ0n) is 15.9. The zero-order valence-corrected chi connectivity index (χ0v) is 16.7. The van der Waals surface area contributed by atoms with Crippen LogP contribution >= 0.6 is 11.3 Å². The third kappa shape index (κ3) is 4.08. The Hall–Kier alpha value is -3.09. The smallest absolute Gasteiger partial charge is 0.262 e. The van der Waals surface area contributed by atoms with E-state index in [9.17, 15) is 9.59 Å². The molecule has 0 bridgehead atoms. The maximum absolute atomic E-state index is 13.0. The van der Waals surface area contributed by atoms with E-state index in [1.807, 2.05) is 20.2 Å². The Balaban J connectivity index is 1.93. The standard InChI is InChI=1S/C19H20N6O2S/c1-12-15(17(26)23-14-6-5-13(9-20)21-10-14)16-18(28-12)22-11-25(19(16)27)8-4-7-24(2)3/h5-6,10-11H,4,7-8H2,1-3H3,(H,23,26). The Kier molecular flexibility index (Phi) is 5.82. The first-order chi connectivity index (χ1) is 13.4. The highest BCUT2D eigenvalue weighted by molar-refractivity contribution is 7.19. The average Bonchev–Trinajstić information content (AvgIpc) is 3.01. The summed E-state index contributed by atoms with van der Waals surface area (Å²) in [5.74, 6) is -0.389. The number of amides is 1. The van der Waals surface area contributed by atoms with E-state index < -0.39 is 0 Å². The SMILES string of the molecule is Cc1sc2ncn(CCCN(C)C)c(=O)c2c1C(=O)Nc1ccc(C#N)nc1. The van der Waals surface area contributed by atoms with Crippen molar-refractivity contribution in [1.29, 1.82) is 5.26 Å². The maximum atomic E-state index is 13.0. The summed E-state index contributed by atoms with van der Waals surface area (Å²) >= 11 is 1.32. The van der Waals surface area contributed by atoms with E-state index in [-0.39, 0.29) is 17.2 Å². The highest BCUT2D eigenvalue weighted by Gasteiger charge is 2.21. The number of nitrogens with one attached hydrogen (secondary N) is 1. The second kappa shape index (κ2) is 8.29. The molecule has 3 aromatic rings. The molecule has 0 saturated carbocycles. The lowest BCUT2D eigenvalue weighted by atomic mass is 10.1. The Bertz CT molecular complexity index is 1110. The van der Waals surface area contributed by atoms with Crippen LogP contribution in [0.4, 0.5) is 5.69 Å². The summed E-state index contributed by atoms with van der Waals surface area (Å²) in [6, 6.07) is 5.05. The molecule has 3 heterocycles. The molecule has 0 unspecified atom stereocenters. The van der Waals surface area contributed by atoms with Crippen molar-refractivity contribution in [3.05, 3.63) is 51.1 Å². The fraction of sp³-hybridized carbons (Fsp3) is 0.316. The molecule has 3 rings (SSSR count). The molecule has 0 aliphatic rings. The van der Waals surface area contributed by atoms with Gasteiger partial charge in [-0.15, -0.1) is 11.3 Å². The van der Waals surface area contributed by atoms with E-state index in [0.29, 0.717) is 28.0 Å². The number of aromatic nitrogens is 3. The van der Waals surface area contributed by atoms with Gasteiger partial charge in [-0.05, 0) is 46.1 Å². The van der Waals surface area contributed by atoms with Crippen LogP contribution in [0.2, 0.25) is 0 Å². The molecule has 28 heavy (non-hydrogen) atoms. The molecule has 0 aliphatic carbocycles. The number of hydrogen-bond donors (Lipinski definition) is 1. The van der Waals surface area contributed by atoms with E-state index in [2.05, 4.69) is 20.2 Å². The Labute approximate surface area is 166 Å². The van der Waals surface area contributed by atoms with Crippen molar-refractivity contribution >= 4 is 33.1 Å². The van der Waals surface area contributed by atoms with Crippen LogP contribution in [0.15, 0.2) is 29.5 Å². The van der Waals surface area contributed by atoms with Gasteiger partial charge in [-0.25, -0.2) is 9.97 Å². The lowest BCUT2D eigenvalue weighted by Crippen LogP contribution is -2.24. The first-order valence-corrected chi connectivity index (χ1v) is 9.53. The summed E-state index contributed by atoms with van der Waals surface area (Å²) in [7, 11) is 3.96. The van der Waals surface area contributed by atoms with Gasteiger partial charge in [-0.1, -0.05) is 0 Å². The fourth-order valence-electron chi connectivity index (χ4n) is 2.86. The highest BCUT2D eigenvalue weighted by atomic mass is 32.1. The van der Waals surface area contributed by atoms with Crippen LogP contribution < -0.4 is 10.9 Å². The van der Waals surface area contributed by atoms with Crippen LogP contribution in [-0.2, 0) is 6.54 Å². The zero-order chi connectivity index (χ0) is 20.3. The number of anilines is 1. The second-order valence-corrected chi connectivity index (χ2v) is 7.81. The van der Waals surface area contributed by atoms with Crippen LogP contribution in [0.3, 0.4) is 0 Å². The van der Waals surface area contributed by atoms with Crippen LogP contribution in [-0.4, -0.2) is 46.0 Å². The number of carbonyl (C=O) groups excluding carboxylic acids is 1. The van der Waals surface area contributed by atoms with Gasteiger partial charge in [0.15, 0.2) is 0 Å². The molecule has 0 saturated heterocycles. The number of nitriles is 1. The highest BCUT2D eigenvalue weighted by Crippen LogP contribution is 2.27.